The van der Waals surface area contributed by atoms with Crippen molar-refractivity contribution >= 4 is 34.2 Å². The number of esters is 2. The SMILES string of the molecule is CCOC(=O)c1csc(NC(=O)c2cccc(C)c2)c1C(=O)OCC. The van der Waals surface area contributed by atoms with Crippen LogP contribution in [0.25, 0.3) is 0 Å². The van der Waals surface area contributed by atoms with Crippen LogP contribution < -0.4 is 5.32 Å². The van der Waals surface area contributed by atoms with Gasteiger partial charge in [0.2, 0.25) is 0 Å². The van der Waals surface area contributed by atoms with Crippen molar-refractivity contribution in [1.82, 2.24) is 0 Å². The maximum Gasteiger partial charge on any atom is 0.342 e. The fourth-order valence-corrected chi connectivity index (χ4v) is 3.09. The predicted molar refractivity (Wildman–Crippen MR) is 95.4 cm³/mol. The van der Waals surface area contributed by atoms with Gasteiger partial charge in [0.05, 0.1) is 18.8 Å². The lowest BCUT2D eigenvalue weighted by atomic mass is 10.1. The van der Waals surface area contributed by atoms with E-state index in [-0.39, 0.29) is 35.2 Å². The maximum atomic E-state index is 12.4. The Labute approximate surface area is 149 Å². The second-order valence-corrected chi connectivity index (χ2v) is 6.00. The van der Waals surface area contributed by atoms with E-state index in [0.29, 0.717) is 5.56 Å². The molecule has 1 aromatic carbocycles. The fraction of sp³-hybridized carbons (Fsp3) is 0.278. The quantitative estimate of drug-likeness (QED) is 0.794. The van der Waals surface area contributed by atoms with Gasteiger partial charge in [-0.15, -0.1) is 11.3 Å². The average Bonchev–Trinajstić information content (AvgIpc) is 2.99. The molecule has 1 heterocycles. The Morgan fingerprint density at radius 1 is 1.08 bits per heavy atom. The molecule has 0 unspecified atom stereocenters. The van der Waals surface area contributed by atoms with Crippen molar-refractivity contribution in [3.05, 3.63) is 51.9 Å². The number of carbonyl (C=O) groups is 3. The van der Waals surface area contributed by atoms with E-state index in [1.54, 1.807) is 32.0 Å². The van der Waals surface area contributed by atoms with E-state index in [1.165, 1.54) is 5.38 Å². The number of hydrogen-bond donors (Lipinski definition) is 1. The highest BCUT2D eigenvalue weighted by Gasteiger charge is 2.26. The van der Waals surface area contributed by atoms with Gasteiger partial charge in [-0.3, -0.25) is 4.79 Å². The Balaban J connectivity index is 2.35. The molecule has 0 atom stereocenters. The van der Waals surface area contributed by atoms with Crippen molar-refractivity contribution in [2.45, 2.75) is 20.8 Å². The number of amides is 1. The zero-order valence-electron chi connectivity index (χ0n) is 14.3. The van der Waals surface area contributed by atoms with Crippen LogP contribution in [0, 0.1) is 6.92 Å². The standard InChI is InChI=1S/C18H19NO5S/c1-4-23-17(21)13-10-25-16(14(13)18(22)24-5-2)19-15(20)12-8-6-7-11(3)9-12/h6-10H,4-5H2,1-3H3,(H,19,20). The molecule has 1 amide bonds. The van der Waals surface area contributed by atoms with Crippen molar-refractivity contribution in [2.75, 3.05) is 18.5 Å². The number of benzene rings is 1. The van der Waals surface area contributed by atoms with Crippen LogP contribution in [0.4, 0.5) is 5.00 Å². The molecule has 0 bridgehead atoms. The third-order valence-electron chi connectivity index (χ3n) is 3.27. The predicted octanol–water partition coefficient (Wildman–Crippen LogP) is 3.66. The first kappa shape index (κ1) is 18.7. The highest BCUT2D eigenvalue weighted by Crippen LogP contribution is 2.30. The minimum atomic E-state index is -0.675. The summed E-state index contributed by atoms with van der Waals surface area (Å²) in [6, 6.07) is 7.06. The monoisotopic (exact) mass is 361 g/mol. The van der Waals surface area contributed by atoms with Gasteiger partial charge < -0.3 is 14.8 Å². The van der Waals surface area contributed by atoms with Gasteiger partial charge in [-0.25, -0.2) is 9.59 Å². The number of nitrogens with one attached hydrogen (secondary N) is 1. The van der Waals surface area contributed by atoms with Gasteiger partial charge in [0, 0.05) is 10.9 Å². The summed E-state index contributed by atoms with van der Waals surface area (Å²) in [5.41, 5.74) is 1.51. The molecule has 132 valence electrons. The minimum absolute atomic E-state index is 0.0197. The van der Waals surface area contributed by atoms with E-state index in [0.717, 1.165) is 16.9 Å². The van der Waals surface area contributed by atoms with E-state index in [9.17, 15) is 14.4 Å². The Kier molecular flexibility index (Phi) is 6.30. The summed E-state index contributed by atoms with van der Waals surface area (Å²) in [4.78, 5) is 36.7. The molecular formula is C18H19NO5S. The van der Waals surface area contributed by atoms with E-state index in [2.05, 4.69) is 5.32 Å². The topological polar surface area (TPSA) is 81.7 Å². The molecule has 0 aliphatic heterocycles. The van der Waals surface area contributed by atoms with Crippen LogP contribution in [-0.2, 0) is 9.47 Å². The maximum absolute atomic E-state index is 12.4. The zero-order valence-corrected chi connectivity index (χ0v) is 15.1. The lowest BCUT2D eigenvalue weighted by Crippen LogP contribution is -2.17. The molecule has 0 radical (unpaired) electrons. The number of carbonyl (C=O) groups excluding carboxylic acids is 3. The summed E-state index contributed by atoms with van der Waals surface area (Å²) in [5.74, 6) is -1.67. The molecule has 0 aliphatic rings. The molecule has 0 saturated carbocycles. The van der Waals surface area contributed by atoms with Crippen LogP contribution in [0.3, 0.4) is 0 Å². The smallest absolute Gasteiger partial charge is 0.342 e. The molecule has 2 rings (SSSR count). The average molecular weight is 361 g/mol. The molecule has 7 heteroatoms. The summed E-state index contributed by atoms with van der Waals surface area (Å²) in [7, 11) is 0. The first-order valence-electron chi connectivity index (χ1n) is 7.81. The Morgan fingerprint density at radius 3 is 2.40 bits per heavy atom. The number of thiophene rings is 1. The second-order valence-electron chi connectivity index (χ2n) is 5.12. The van der Waals surface area contributed by atoms with Gasteiger partial charge in [0.15, 0.2) is 0 Å². The van der Waals surface area contributed by atoms with Crippen molar-refractivity contribution in [1.29, 1.82) is 0 Å². The normalized spacial score (nSPS) is 10.2. The Bertz CT molecular complexity index is 797. The Hall–Kier alpha value is -2.67. The fourth-order valence-electron chi connectivity index (χ4n) is 2.18. The first-order chi connectivity index (χ1) is 12.0. The molecule has 25 heavy (non-hydrogen) atoms. The van der Waals surface area contributed by atoms with Crippen LogP contribution in [0.1, 0.15) is 50.5 Å². The van der Waals surface area contributed by atoms with Crippen LogP contribution in [0.15, 0.2) is 29.6 Å². The lowest BCUT2D eigenvalue weighted by Gasteiger charge is -2.08. The second kappa shape index (κ2) is 8.43. The number of rotatable bonds is 6. The molecule has 0 saturated heterocycles. The number of hydrogen-bond acceptors (Lipinski definition) is 6. The van der Waals surface area contributed by atoms with Crippen molar-refractivity contribution in [2.24, 2.45) is 0 Å². The minimum Gasteiger partial charge on any atom is -0.462 e. The molecule has 1 aromatic heterocycles. The van der Waals surface area contributed by atoms with E-state index < -0.39 is 11.9 Å². The van der Waals surface area contributed by atoms with Gasteiger partial charge >= 0.3 is 11.9 Å². The Morgan fingerprint density at radius 2 is 1.76 bits per heavy atom. The van der Waals surface area contributed by atoms with Crippen molar-refractivity contribution < 1.29 is 23.9 Å². The van der Waals surface area contributed by atoms with Gasteiger partial charge in [0.1, 0.15) is 10.6 Å². The highest BCUT2D eigenvalue weighted by molar-refractivity contribution is 7.15. The van der Waals surface area contributed by atoms with Gasteiger partial charge in [-0.1, -0.05) is 17.7 Å². The van der Waals surface area contributed by atoms with Crippen LogP contribution in [-0.4, -0.2) is 31.1 Å². The van der Waals surface area contributed by atoms with Crippen LogP contribution >= 0.6 is 11.3 Å². The highest BCUT2D eigenvalue weighted by atomic mass is 32.1. The van der Waals surface area contributed by atoms with Crippen molar-refractivity contribution in [3.63, 3.8) is 0 Å². The number of aryl methyl sites for hydroxylation is 1. The molecular weight excluding hydrogens is 342 g/mol. The zero-order chi connectivity index (χ0) is 18.4. The molecule has 1 N–H and O–H groups in total. The van der Waals surface area contributed by atoms with Gasteiger partial charge in [-0.05, 0) is 32.9 Å². The summed E-state index contributed by atoms with van der Waals surface area (Å²) in [6.45, 7) is 5.56. The van der Waals surface area contributed by atoms with Gasteiger partial charge in [-0.2, -0.15) is 0 Å². The molecule has 2 aromatic rings. The number of anilines is 1. The third-order valence-corrected chi connectivity index (χ3v) is 4.17. The third kappa shape index (κ3) is 4.45. The van der Waals surface area contributed by atoms with Crippen LogP contribution in [0.5, 0.6) is 0 Å². The number of ether oxygens (including phenoxy) is 2. The molecule has 0 spiro atoms. The summed E-state index contributed by atoms with van der Waals surface area (Å²) in [5, 5.41) is 4.42. The molecule has 0 aliphatic carbocycles. The van der Waals surface area contributed by atoms with Gasteiger partial charge in [0.25, 0.3) is 5.91 Å². The van der Waals surface area contributed by atoms with E-state index in [4.69, 9.17) is 9.47 Å². The van der Waals surface area contributed by atoms with E-state index >= 15 is 0 Å². The lowest BCUT2D eigenvalue weighted by molar-refractivity contribution is 0.0481. The largest absolute Gasteiger partial charge is 0.462 e. The van der Waals surface area contributed by atoms with E-state index in [1.807, 2.05) is 13.0 Å². The van der Waals surface area contributed by atoms with Crippen molar-refractivity contribution in [3.8, 4) is 0 Å². The molecule has 6 nitrogen and oxygen atoms in total. The summed E-state index contributed by atoms with van der Waals surface area (Å²) in [6.07, 6.45) is 0. The molecule has 0 fully saturated rings. The summed E-state index contributed by atoms with van der Waals surface area (Å²) < 4.78 is 9.97. The summed E-state index contributed by atoms with van der Waals surface area (Å²) >= 11 is 1.08. The first-order valence-corrected chi connectivity index (χ1v) is 8.69. The van der Waals surface area contributed by atoms with Crippen LogP contribution in [0.2, 0.25) is 0 Å².